The van der Waals surface area contributed by atoms with Gasteiger partial charge in [0.1, 0.15) is 0 Å². The van der Waals surface area contributed by atoms with Crippen LogP contribution in [0.2, 0.25) is 0 Å². The molecule has 1 aliphatic rings. The van der Waals surface area contributed by atoms with Gasteiger partial charge < -0.3 is 10.0 Å². The number of pyridine rings is 1. The summed E-state index contributed by atoms with van der Waals surface area (Å²) in [6.45, 7) is 1.21. The van der Waals surface area contributed by atoms with E-state index in [1.165, 1.54) is 4.90 Å². The third-order valence-corrected chi connectivity index (χ3v) is 3.10. The largest absolute Gasteiger partial charge is 0.480 e. The van der Waals surface area contributed by atoms with Crippen molar-refractivity contribution in [1.82, 2.24) is 14.8 Å². The lowest BCUT2D eigenvalue weighted by molar-refractivity contribution is -0.138. The van der Waals surface area contributed by atoms with E-state index >= 15 is 0 Å². The van der Waals surface area contributed by atoms with E-state index < -0.39 is 23.6 Å². The van der Waals surface area contributed by atoms with Crippen molar-refractivity contribution in [2.75, 3.05) is 32.7 Å². The summed E-state index contributed by atoms with van der Waals surface area (Å²) in [5.74, 6) is -4.11. The van der Waals surface area contributed by atoms with Gasteiger partial charge >= 0.3 is 5.97 Å². The van der Waals surface area contributed by atoms with E-state index in [1.54, 1.807) is 4.90 Å². The molecule has 0 unspecified atom stereocenters. The van der Waals surface area contributed by atoms with Gasteiger partial charge in [-0.3, -0.25) is 14.5 Å². The van der Waals surface area contributed by atoms with Gasteiger partial charge in [-0.05, 0) is 6.07 Å². The van der Waals surface area contributed by atoms with Crippen LogP contribution in [0.4, 0.5) is 8.78 Å². The second-order valence-electron chi connectivity index (χ2n) is 4.43. The number of piperazine rings is 1. The molecule has 0 saturated carbocycles. The monoisotopic (exact) mass is 285 g/mol. The van der Waals surface area contributed by atoms with Gasteiger partial charge in [0.2, 0.25) is 5.95 Å². The number of aliphatic carboxylic acids is 1. The Labute approximate surface area is 113 Å². The predicted molar refractivity (Wildman–Crippen MR) is 64.1 cm³/mol. The van der Waals surface area contributed by atoms with Crippen LogP contribution < -0.4 is 0 Å². The highest BCUT2D eigenvalue weighted by molar-refractivity contribution is 5.94. The van der Waals surface area contributed by atoms with Crippen LogP contribution in [0.15, 0.2) is 12.3 Å². The fraction of sp³-hybridized carbons (Fsp3) is 0.417. The van der Waals surface area contributed by atoms with E-state index in [4.69, 9.17) is 5.11 Å². The highest BCUT2D eigenvalue weighted by atomic mass is 19.2. The van der Waals surface area contributed by atoms with E-state index in [9.17, 15) is 18.4 Å². The van der Waals surface area contributed by atoms with E-state index in [0.717, 1.165) is 12.3 Å². The molecule has 0 radical (unpaired) electrons. The third-order valence-electron chi connectivity index (χ3n) is 3.10. The maximum absolute atomic E-state index is 13.5. The maximum atomic E-state index is 13.5. The van der Waals surface area contributed by atoms with Crippen LogP contribution in [-0.2, 0) is 4.79 Å². The zero-order valence-corrected chi connectivity index (χ0v) is 10.6. The van der Waals surface area contributed by atoms with E-state index in [2.05, 4.69) is 4.98 Å². The van der Waals surface area contributed by atoms with Crippen molar-refractivity contribution in [3.05, 3.63) is 29.6 Å². The Morgan fingerprint density at radius 1 is 1.25 bits per heavy atom. The molecule has 1 aromatic rings. The van der Waals surface area contributed by atoms with Crippen LogP contribution in [0, 0.1) is 11.8 Å². The summed E-state index contributed by atoms with van der Waals surface area (Å²) in [5, 5.41) is 8.67. The van der Waals surface area contributed by atoms with Gasteiger partial charge in [0.05, 0.1) is 12.1 Å². The molecule has 1 N–H and O–H groups in total. The highest BCUT2D eigenvalue weighted by Crippen LogP contribution is 2.13. The van der Waals surface area contributed by atoms with Gasteiger partial charge in [0.25, 0.3) is 5.91 Å². The minimum Gasteiger partial charge on any atom is -0.480 e. The van der Waals surface area contributed by atoms with Gasteiger partial charge in [-0.2, -0.15) is 4.39 Å². The molecule has 0 bridgehead atoms. The maximum Gasteiger partial charge on any atom is 0.317 e. The molecule has 1 aliphatic heterocycles. The lowest BCUT2D eigenvalue weighted by Gasteiger charge is -2.33. The molecular weight excluding hydrogens is 272 g/mol. The van der Waals surface area contributed by atoms with E-state index in [0.29, 0.717) is 13.1 Å². The number of amides is 1. The first-order valence-electron chi connectivity index (χ1n) is 6.02. The Hall–Kier alpha value is -2.09. The van der Waals surface area contributed by atoms with Crippen molar-refractivity contribution >= 4 is 11.9 Å². The fourth-order valence-electron chi connectivity index (χ4n) is 2.05. The lowest BCUT2D eigenvalue weighted by Crippen LogP contribution is -2.50. The molecule has 108 valence electrons. The smallest absolute Gasteiger partial charge is 0.317 e. The second-order valence-corrected chi connectivity index (χ2v) is 4.43. The highest BCUT2D eigenvalue weighted by Gasteiger charge is 2.26. The molecule has 8 heteroatoms. The third kappa shape index (κ3) is 3.08. The Bertz CT molecular complexity index is 531. The summed E-state index contributed by atoms with van der Waals surface area (Å²) in [4.78, 5) is 28.8. The number of hydrogen-bond acceptors (Lipinski definition) is 4. The van der Waals surface area contributed by atoms with Crippen LogP contribution in [0.5, 0.6) is 0 Å². The van der Waals surface area contributed by atoms with Crippen LogP contribution in [0.25, 0.3) is 0 Å². The van der Waals surface area contributed by atoms with Gasteiger partial charge in [0.15, 0.2) is 5.82 Å². The number of hydrogen-bond donors (Lipinski definition) is 1. The number of aromatic nitrogens is 1. The average Bonchev–Trinajstić information content (AvgIpc) is 2.41. The van der Waals surface area contributed by atoms with Crippen LogP contribution in [-0.4, -0.2) is 64.5 Å². The molecule has 1 aromatic heterocycles. The number of rotatable bonds is 3. The van der Waals surface area contributed by atoms with Crippen molar-refractivity contribution in [2.24, 2.45) is 0 Å². The molecule has 1 amide bonds. The summed E-state index contributed by atoms with van der Waals surface area (Å²) < 4.78 is 26.5. The van der Waals surface area contributed by atoms with E-state index in [-0.39, 0.29) is 25.2 Å². The Morgan fingerprint density at radius 2 is 1.90 bits per heavy atom. The molecule has 0 spiro atoms. The van der Waals surface area contributed by atoms with Crippen molar-refractivity contribution in [2.45, 2.75) is 0 Å². The van der Waals surface area contributed by atoms with E-state index in [1.807, 2.05) is 0 Å². The molecule has 6 nitrogen and oxygen atoms in total. The molecule has 0 aliphatic carbocycles. The molecular formula is C12H13F2N3O3. The second kappa shape index (κ2) is 5.91. The van der Waals surface area contributed by atoms with Gasteiger partial charge in [-0.25, -0.2) is 9.37 Å². The average molecular weight is 285 g/mol. The first-order valence-corrected chi connectivity index (χ1v) is 6.02. The molecule has 0 atom stereocenters. The molecule has 1 fully saturated rings. The Kier molecular flexibility index (Phi) is 4.23. The van der Waals surface area contributed by atoms with Crippen LogP contribution in [0.3, 0.4) is 0 Å². The standard InChI is InChI=1S/C12H13F2N3O3/c13-10-8(1-2-15-11(10)14)12(20)17-5-3-16(4-6-17)7-9(18)19/h1-2H,3-7H2,(H,18,19). The van der Waals surface area contributed by atoms with Crippen LogP contribution in [0.1, 0.15) is 10.4 Å². The summed E-state index contributed by atoms with van der Waals surface area (Å²) in [5.41, 5.74) is -0.357. The number of carbonyl (C=O) groups excluding carboxylic acids is 1. The summed E-state index contributed by atoms with van der Waals surface area (Å²) >= 11 is 0. The molecule has 20 heavy (non-hydrogen) atoms. The summed E-state index contributed by atoms with van der Waals surface area (Å²) in [6, 6.07) is 1.13. The topological polar surface area (TPSA) is 73.7 Å². The minimum absolute atomic E-state index is 0.0969. The van der Waals surface area contributed by atoms with Crippen molar-refractivity contribution in [3.8, 4) is 0 Å². The van der Waals surface area contributed by atoms with Gasteiger partial charge in [-0.1, -0.05) is 0 Å². The number of carboxylic acid groups (broad SMARTS) is 1. The fourth-order valence-corrected chi connectivity index (χ4v) is 2.05. The number of halogens is 2. The zero-order valence-electron chi connectivity index (χ0n) is 10.6. The first-order chi connectivity index (χ1) is 9.49. The SMILES string of the molecule is O=C(O)CN1CCN(C(=O)c2ccnc(F)c2F)CC1. The normalized spacial score (nSPS) is 16.2. The number of nitrogens with zero attached hydrogens (tertiary/aromatic N) is 3. The van der Waals surface area contributed by atoms with Gasteiger partial charge in [0, 0.05) is 32.4 Å². The quantitative estimate of drug-likeness (QED) is 0.803. The first kappa shape index (κ1) is 14.3. The minimum atomic E-state index is -1.31. The molecule has 0 aromatic carbocycles. The predicted octanol–water partition coefficient (Wildman–Crippen LogP) is 0.202. The lowest BCUT2D eigenvalue weighted by atomic mass is 10.2. The summed E-state index contributed by atoms with van der Waals surface area (Å²) in [7, 11) is 0. The van der Waals surface area contributed by atoms with Crippen molar-refractivity contribution in [1.29, 1.82) is 0 Å². The van der Waals surface area contributed by atoms with Crippen LogP contribution >= 0.6 is 0 Å². The van der Waals surface area contributed by atoms with Crippen molar-refractivity contribution < 1.29 is 23.5 Å². The number of carboxylic acids is 1. The Morgan fingerprint density at radius 3 is 2.50 bits per heavy atom. The zero-order chi connectivity index (χ0) is 14.7. The molecule has 1 saturated heterocycles. The molecule has 2 heterocycles. The molecule has 2 rings (SSSR count). The van der Waals surface area contributed by atoms with Crippen molar-refractivity contribution in [3.63, 3.8) is 0 Å². The Balaban J connectivity index is 2.02. The van der Waals surface area contributed by atoms with Gasteiger partial charge in [-0.15, -0.1) is 0 Å². The number of carbonyl (C=O) groups is 2. The summed E-state index contributed by atoms with van der Waals surface area (Å²) in [6.07, 6.45) is 1.03.